The van der Waals surface area contributed by atoms with E-state index in [1.807, 2.05) is 0 Å². The Labute approximate surface area is 122 Å². The topological polar surface area (TPSA) is 41.0 Å². The third-order valence-corrected chi connectivity index (χ3v) is 4.33. The maximum Gasteiger partial charge on any atom is 0.132 e. The molecule has 1 unspecified atom stereocenters. The van der Waals surface area contributed by atoms with Crippen molar-refractivity contribution >= 4 is 5.82 Å². The zero-order valence-corrected chi connectivity index (χ0v) is 12.5. The average Bonchev–Trinajstić information content (AvgIpc) is 3.30. The van der Waals surface area contributed by atoms with Crippen LogP contribution in [0.2, 0.25) is 0 Å². The summed E-state index contributed by atoms with van der Waals surface area (Å²) >= 11 is 0. The van der Waals surface area contributed by atoms with Gasteiger partial charge in [-0.2, -0.15) is 0 Å². The minimum atomic E-state index is 0.772. The molecule has 1 saturated heterocycles. The first-order valence-corrected chi connectivity index (χ1v) is 8.14. The van der Waals surface area contributed by atoms with E-state index in [1.54, 1.807) is 6.33 Å². The number of hydrogen-bond acceptors (Lipinski definition) is 4. The Hall–Kier alpha value is -1.16. The van der Waals surface area contributed by atoms with Crippen molar-refractivity contribution in [2.75, 3.05) is 24.5 Å². The SMILES string of the molecule is CCCc1cc(N2CCCC(CNC3CC3)C2)ncn1. The molecule has 0 aromatic carbocycles. The largest absolute Gasteiger partial charge is 0.356 e. The second-order valence-electron chi connectivity index (χ2n) is 6.25. The lowest BCUT2D eigenvalue weighted by Crippen LogP contribution is -2.40. The number of piperidine rings is 1. The quantitative estimate of drug-likeness (QED) is 0.865. The van der Waals surface area contributed by atoms with Crippen molar-refractivity contribution in [3.8, 4) is 0 Å². The maximum atomic E-state index is 4.48. The molecule has 1 aliphatic heterocycles. The third kappa shape index (κ3) is 3.69. The van der Waals surface area contributed by atoms with E-state index in [4.69, 9.17) is 0 Å². The molecule has 0 radical (unpaired) electrons. The molecule has 4 heteroatoms. The van der Waals surface area contributed by atoms with Gasteiger partial charge in [0.1, 0.15) is 12.1 Å². The lowest BCUT2D eigenvalue weighted by Gasteiger charge is -2.33. The Bertz CT molecular complexity index is 430. The summed E-state index contributed by atoms with van der Waals surface area (Å²) in [4.78, 5) is 11.3. The van der Waals surface area contributed by atoms with Crippen LogP contribution in [0.25, 0.3) is 0 Å². The average molecular weight is 274 g/mol. The molecule has 1 N–H and O–H groups in total. The molecule has 1 aliphatic carbocycles. The van der Waals surface area contributed by atoms with Gasteiger partial charge in [-0.25, -0.2) is 9.97 Å². The molecule has 2 heterocycles. The van der Waals surface area contributed by atoms with Gasteiger partial charge in [0, 0.05) is 30.9 Å². The Morgan fingerprint density at radius 3 is 3.00 bits per heavy atom. The van der Waals surface area contributed by atoms with Gasteiger partial charge in [0.15, 0.2) is 0 Å². The summed E-state index contributed by atoms with van der Waals surface area (Å²) in [5.74, 6) is 1.90. The first kappa shape index (κ1) is 13.8. The van der Waals surface area contributed by atoms with Gasteiger partial charge in [0.05, 0.1) is 0 Å². The van der Waals surface area contributed by atoms with Gasteiger partial charge >= 0.3 is 0 Å². The molecule has 0 spiro atoms. The minimum absolute atomic E-state index is 0.772. The number of aromatic nitrogens is 2. The molecule has 1 aromatic rings. The zero-order chi connectivity index (χ0) is 13.8. The second kappa shape index (κ2) is 6.53. The van der Waals surface area contributed by atoms with Gasteiger partial charge < -0.3 is 10.2 Å². The molecule has 1 aromatic heterocycles. The van der Waals surface area contributed by atoms with Gasteiger partial charge in [-0.05, 0) is 44.6 Å². The van der Waals surface area contributed by atoms with Crippen molar-refractivity contribution in [3.05, 3.63) is 18.1 Å². The molecule has 0 bridgehead atoms. The van der Waals surface area contributed by atoms with Gasteiger partial charge in [-0.3, -0.25) is 0 Å². The third-order valence-electron chi connectivity index (χ3n) is 4.33. The predicted octanol–water partition coefficient (Wildman–Crippen LogP) is 2.40. The molecule has 110 valence electrons. The molecule has 2 aliphatic rings. The lowest BCUT2D eigenvalue weighted by atomic mass is 9.98. The number of hydrogen-bond donors (Lipinski definition) is 1. The van der Waals surface area contributed by atoms with Crippen LogP contribution >= 0.6 is 0 Å². The lowest BCUT2D eigenvalue weighted by molar-refractivity contribution is 0.389. The fourth-order valence-corrected chi connectivity index (χ4v) is 3.01. The van der Waals surface area contributed by atoms with Crippen molar-refractivity contribution in [1.29, 1.82) is 0 Å². The van der Waals surface area contributed by atoms with Crippen LogP contribution in [0, 0.1) is 5.92 Å². The van der Waals surface area contributed by atoms with E-state index in [-0.39, 0.29) is 0 Å². The number of anilines is 1. The van der Waals surface area contributed by atoms with E-state index >= 15 is 0 Å². The van der Waals surface area contributed by atoms with Crippen molar-refractivity contribution in [3.63, 3.8) is 0 Å². The van der Waals surface area contributed by atoms with E-state index in [0.29, 0.717) is 0 Å². The Morgan fingerprint density at radius 2 is 2.20 bits per heavy atom. The minimum Gasteiger partial charge on any atom is -0.356 e. The molecular weight excluding hydrogens is 248 g/mol. The first-order valence-electron chi connectivity index (χ1n) is 8.14. The number of nitrogens with zero attached hydrogens (tertiary/aromatic N) is 3. The predicted molar refractivity (Wildman–Crippen MR) is 82.0 cm³/mol. The fraction of sp³-hybridized carbons (Fsp3) is 0.750. The highest BCUT2D eigenvalue weighted by molar-refractivity contribution is 5.39. The monoisotopic (exact) mass is 274 g/mol. The standard InChI is InChI=1S/C16H26N4/c1-2-4-15-9-16(19-12-18-15)20-8-3-5-13(11-20)10-17-14-6-7-14/h9,12-14,17H,2-8,10-11H2,1H3. The van der Waals surface area contributed by atoms with E-state index in [1.165, 1.54) is 37.9 Å². The maximum absolute atomic E-state index is 4.48. The van der Waals surface area contributed by atoms with E-state index in [9.17, 15) is 0 Å². The highest BCUT2D eigenvalue weighted by Crippen LogP contribution is 2.24. The molecule has 4 nitrogen and oxygen atoms in total. The normalized spacial score (nSPS) is 23.1. The van der Waals surface area contributed by atoms with Crippen LogP contribution in [-0.4, -0.2) is 35.6 Å². The summed E-state index contributed by atoms with van der Waals surface area (Å²) in [6.07, 6.45) is 9.31. The summed E-state index contributed by atoms with van der Waals surface area (Å²) < 4.78 is 0. The Balaban J connectivity index is 1.58. The van der Waals surface area contributed by atoms with Crippen LogP contribution in [-0.2, 0) is 6.42 Å². The Morgan fingerprint density at radius 1 is 1.30 bits per heavy atom. The summed E-state index contributed by atoms with van der Waals surface area (Å²) in [7, 11) is 0. The van der Waals surface area contributed by atoms with Crippen molar-refractivity contribution in [2.45, 2.75) is 51.5 Å². The summed E-state index contributed by atoms with van der Waals surface area (Å²) in [5, 5.41) is 3.67. The van der Waals surface area contributed by atoms with Crippen molar-refractivity contribution in [2.24, 2.45) is 5.92 Å². The molecule has 20 heavy (non-hydrogen) atoms. The van der Waals surface area contributed by atoms with Gasteiger partial charge in [-0.15, -0.1) is 0 Å². The molecular formula is C16H26N4. The summed E-state index contributed by atoms with van der Waals surface area (Å²) in [6.45, 7) is 5.65. The van der Waals surface area contributed by atoms with Crippen LogP contribution in [0.4, 0.5) is 5.82 Å². The highest BCUT2D eigenvalue weighted by Gasteiger charge is 2.25. The van der Waals surface area contributed by atoms with E-state index < -0.39 is 0 Å². The van der Waals surface area contributed by atoms with E-state index in [2.05, 4.69) is 33.2 Å². The number of nitrogens with one attached hydrogen (secondary N) is 1. The van der Waals surface area contributed by atoms with Crippen molar-refractivity contribution in [1.82, 2.24) is 15.3 Å². The smallest absolute Gasteiger partial charge is 0.132 e. The molecule has 1 saturated carbocycles. The van der Waals surface area contributed by atoms with Crippen LogP contribution in [0.1, 0.15) is 44.7 Å². The highest BCUT2D eigenvalue weighted by atomic mass is 15.2. The Kier molecular flexibility index (Phi) is 4.51. The van der Waals surface area contributed by atoms with Gasteiger partial charge in [0.25, 0.3) is 0 Å². The molecule has 3 rings (SSSR count). The summed E-state index contributed by atoms with van der Waals surface area (Å²) in [5.41, 5.74) is 1.18. The number of aryl methyl sites for hydroxylation is 1. The van der Waals surface area contributed by atoms with E-state index in [0.717, 1.165) is 43.7 Å². The van der Waals surface area contributed by atoms with Crippen LogP contribution < -0.4 is 10.2 Å². The summed E-state index contributed by atoms with van der Waals surface area (Å²) in [6, 6.07) is 3.00. The van der Waals surface area contributed by atoms with Gasteiger partial charge in [-0.1, -0.05) is 13.3 Å². The second-order valence-corrected chi connectivity index (χ2v) is 6.25. The van der Waals surface area contributed by atoms with Gasteiger partial charge in [0.2, 0.25) is 0 Å². The molecule has 1 atom stereocenters. The molecule has 0 amide bonds. The van der Waals surface area contributed by atoms with Crippen LogP contribution in [0.15, 0.2) is 12.4 Å². The first-order chi connectivity index (χ1) is 9.85. The van der Waals surface area contributed by atoms with Crippen LogP contribution in [0.5, 0.6) is 0 Å². The fourth-order valence-electron chi connectivity index (χ4n) is 3.01. The number of rotatable bonds is 6. The molecule has 2 fully saturated rings. The van der Waals surface area contributed by atoms with Crippen molar-refractivity contribution < 1.29 is 0 Å². The zero-order valence-electron chi connectivity index (χ0n) is 12.5. The van der Waals surface area contributed by atoms with Crippen LogP contribution in [0.3, 0.4) is 0 Å².